The molecule has 2 aromatic carbocycles. The molecule has 2 N–H and O–H groups in total. The van der Waals surface area contributed by atoms with Gasteiger partial charge >= 0.3 is 6.03 Å². The SMILES string of the molecule is CCCCCCCCC(=O)NC(Cc1ccccc1)C(=O)N1CCN(C(=O)Nc2ccc(Cl)c(Cl)c2)C(C)C1. The van der Waals surface area contributed by atoms with Crippen LogP contribution in [0.3, 0.4) is 0 Å². The molecule has 9 heteroatoms. The van der Waals surface area contributed by atoms with Crippen LogP contribution in [-0.4, -0.2) is 59.4 Å². The number of carbonyl (C=O) groups is 3. The summed E-state index contributed by atoms with van der Waals surface area (Å²) in [7, 11) is 0. The third-order valence-electron chi connectivity index (χ3n) is 7.04. The number of anilines is 1. The average Bonchev–Trinajstić information content (AvgIpc) is 2.92. The summed E-state index contributed by atoms with van der Waals surface area (Å²) in [5, 5.41) is 6.64. The van der Waals surface area contributed by atoms with Crippen LogP contribution in [0.2, 0.25) is 10.0 Å². The molecule has 1 heterocycles. The lowest BCUT2D eigenvalue weighted by Gasteiger charge is -2.41. The second-order valence-corrected chi connectivity index (χ2v) is 11.0. The van der Waals surface area contributed by atoms with E-state index in [0.29, 0.717) is 48.2 Å². The van der Waals surface area contributed by atoms with Crippen molar-refractivity contribution >= 4 is 46.7 Å². The Morgan fingerprint density at radius 1 is 0.949 bits per heavy atom. The van der Waals surface area contributed by atoms with Gasteiger partial charge in [-0.15, -0.1) is 0 Å². The van der Waals surface area contributed by atoms with Gasteiger partial charge in [-0.2, -0.15) is 0 Å². The highest BCUT2D eigenvalue weighted by Gasteiger charge is 2.33. The second kappa shape index (κ2) is 15.7. The predicted octanol–water partition coefficient (Wildman–Crippen LogP) is 6.54. The zero-order valence-corrected chi connectivity index (χ0v) is 24.4. The molecule has 3 rings (SSSR count). The largest absolute Gasteiger partial charge is 0.344 e. The van der Waals surface area contributed by atoms with Crippen LogP contribution >= 0.6 is 23.2 Å². The number of urea groups is 1. The van der Waals surface area contributed by atoms with Crippen LogP contribution < -0.4 is 10.6 Å². The van der Waals surface area contributed by atoms with Gasteiger partial charge in [0.25, 0.3) is 0 Å². The highest BCUT2D eigenvalue weighted by atomic mass is 35.5. The van der Waals surface area contributed by atoms with E-state index < -0.39 is 6.04 Å². The Morgan fingerprint density at radius 2 is 1.67 bits per heavy atom. The molecule has 0 spiro atoms. The fourth-order valence-corrected chi connectivity index (χ4v) is 5.13. The van der Waals surface area contributed by atoms with Crippen molar-refractivity contribution in [1.29, 1.82) is 0 Å². The van der Waals surface area contributed by atoms with Crippen molar-refractivity contribution in [2.45, 2.75) is 77.3 Å². The van der Waals surface area contributed by atoms with Crippen molar-refractivity contribution in [3.63, 3.8) is 0 Å². The fraction of sp³-hybridized carbons (Fsp3) is 0.500. The molecule has 0 radical (unpaired) electrons. The quantitative estimate of drug-likeness (QED) is 0.282. The zero-order valence-electron chi connectivity index (χ0n) is 22.9. The van der Waals surface area contributed by atoms with E-state index in [0.717, 1.165) is 24.8 Å². The first-order chi connectivity index (χ1) is 18.8. The standard InChI is InChI=1S/C30H40Cl2N4O3/c1-3-4-5-6-7-11-14-28(37)34-27(19-23-12-9-8-10-13-23)29(38)35-17-18-36(22(2)21-35)30(39)33-24-15-16-25(31)26(32)20-24/h8-10,12-13,15-16,20,22,27H,3-7,11,14,17-19,21H2,1-2H3,(H,33,39)(H,34,37). The number of unbranched alkanes of at least 4 members (excludes halogenated alkanes) is 5. The van der Waals surface area contributed by atoms with Crippen molar-refractivity contribution in [3.05, 3.63) is 64.1 Å². The minimum atomic E-state index is -0.649. The molecular formula is C30H40Cl2N4O3. The third-order valence-corrected chi connectivity index (χ3v) is 7.78. The van der Waals surface area contributed by atoms with Gasteiger partial charge < -0.3 is 20.4 Å². The third kappa shape index (κ3) is 9.73. The molecule has 0 aliphatic carbocycles. The molecule has 2 aromatic rings. The van der Waals surface area contributed by atoms with Gasteiger partial charge in [0.15, 0.2) is 0 Å². The molecule has 1 aliphatic rings. The summed E-state index contributed by atoms with van der Waals surface area (Å²) < 4.78 is 0. The molecule has 2 atom stereocenters. The van der Waals surface area contributed by atoms with Crippen LogP contribution in [0.25, 0.3) is 0 Å². The molecule has 1 saturated heterocycles. The number of nitrogens with zero attached hydrogens (tertiary/aromatic N) is 2. The summed E-state index contributed by atoms with van der Waals surface area (Å²) in [5.74, 6) is -0.209. The smallest absolute Gasteiger partial charge is 0.322 e. The van der Waals surface area contributed by atoms with Gasteiger partial charge in [0.05, 0.1) is 10.0 Å². The van der Waals surface area contributed by atoms with Gasteiger partial charge in [0, 0.05) is 44.2 Å². The first kappa shape index (κ1) is 30.8. The lowest BCUT2D eigenvalue weighted by Crippen LogP contribution is -2.60. The van der Waals surface area contributed by atoms with E-state index in [9.17, 15) is 14.4 Å². The van der Waals surface area contributed by atoms with E-state index in [2.05, 4.69) is 17.6 Å². The normalized spacial score (nSPS) is 16.1. The molecule has 1 fully saturated rings. The van der Waals surface area contributed by atoms with Crippen molar-refractivity contribution in [2.75, 3.05) is 25.0 Å². The lowest BCUT2D eigenvalue weighted by molar-refractivity contribution is -0.138. The number of rotatable bonds is 12. The van der Waals surface area contributed by atoms with Crippen molar-refractivity contribution < 1.29 is 14.4 Å². The van der Waals surface area contributed by atoms with Gasteiger partial charge in [-0.05, 0) is 37.1 Å². The van der Waals surface area contributed by atoms with Crippen LogP contribution in [-0.2, 0) is 16.0 Å². The predicted molar refractivity (Wildman–Crippen MR) is 158 cm³/mol. The minimum absolute atomic E-state index is 0.0903. The first-order valence-electron chi connectivity index (χ1n) is 13.9. The number of halogens is 2. The molecule has 2 unspecified atom stereocenters. The monoisotopic (exact) mass is 574 g/mol. The van der Waals surface area contributed by atoms with Crippen molar-refractivity contribution in [2.24, 2.45) is 0 Å². The van der Waals surface area contributed by atoms with Crippen LogP contribution in [0.1, 0.15) is 64.4 Å². The van der Waals surface area contributed by atoms with Crippen molar-refractivity contribution in [1.82, 2.24) is 15.1 Å². The Morgan fingerprint density at radius 3 is 2.36 bits per heavy atom. The number of nitrogens with one attached hydrogen (secondary N) is 2. The summed E-state index contributed by atoms with van der Waals surface area (Å²) in [5.41, 5.74) is 1.54. The maximum absolute atomic E-state index is 13.6. The maximum Gasteiger partial charge on any atom is 0.322 e. The molecule has 0 aromatic heterocycles. The Hall–Kier alpha value is -2.77. The number of benzene rings is 2. The molecule has 7 nitrogen and oxygen atoms in total. The molecule has 1 aliphatic heterocycles. The molecule has 39 heavy (non-hydrogen) atoms. The Kier molecular flexibility index (Phi) is 12.4. The maximum atomic E-state index is 13.6. The number of amides is 4. The van der Waals surface area contributed by atoms with Crippen LogP contribution in [0.15, 0.2) is 48.5 Å². The molecule has 0 saturated carbocycles. The number of hydrogen-bond donors (Lipinski definition) is 2. The zero-order chi connectivity index (χ0) is 28.2. The topological polar surface area (TPSA) is 81.8 Å². The molecule has 0 bridgehead atoms. The summed E-state index contributed by atoms with van der Waals surface area (Å²) in [4.78, 5) is 42.8. The van der Waals surface area contributed by atoms with Gasteiger partial charge in [-0.1, -0.05) is 92.6 Å². The van der Waals surface area contributed by atoms with Gasteiger partial charge in [0.1, 0.15) is 6.04 Å². The second-order valence-electron chi connectivity index (χ2n) is 10.2. The lowest BCUT2D eigenvalue weighted by atomic mass is 10.0. The molecule has 212 valence electrons. The van der Waals surface area contributed by atoms with E-state index in [4.69, 9.17) is 23.2 Å². The number of carbonyl (C=O) groups excluding carboxylic acids is 3. The van der Waals surface area contributed by atoms with Crippen LogP contribution in [0, 0.1) is 0 Å². The highest BCUT2D eigenvalue weighted by Crippen LogP contribution is 2.25. The van der Waals surface area contributed by atoms with Gasteiger partial charge in [-0.25, -0.2) is 4.79 Å². The molecule has 4 amide bonds. The first-order valence-corrected chi connectivity index (χ1v) is 14.7. The van der Waals surface area contributed by atoms with Gasteiger partial charge in [0.2, 0.25) is 11.8 Å². The number of piperazine rings is 1. The summed E-state index contributed by atoms with van der Waals surface area (Å²) in [6, 6.07) is 13.5. The fourth-order valence-electron chi connectivity index (χ4n) is 4.83. The average molecular weight is 576 g/mol. The Labute approximate surface area is 242 Å². The van der Waals surface area contributed by atoms with E-state index in [-0.39, 0.29) is 23.9 Å². The molecular weight excluding hydrogens is 535 g/mol. The minimum Gasteiger partial charge on any atom is -0.344 e. The van der Waals surface area contributed by atoms with E-state index in [1.54, 1.807) is 28.0 Å². The van der Waals surface area contributed by atoms with E-state index in [1.807, 2.05) is 37.3 Å². The van der Waals surface area contributed by atoms with E-state index >= 15 is 0 Å². The Bertz CT molecular complexity index is 1100. The summed E-state index contributed by atoms with van der Waals surface area (Å²) >= 11 is 12.0. The highest BCUT2D eigenvalue weighted by molar-refractivity contribution is 6.42. The van der Waals surface area contributed by atoms with Crippen molar-refractivity contribution in [3.8, 4) is 0 Å². The van der Waals surface area contributed by atoms with Crippen LogP contribution in [0.4, 0.5) is 10.5 Å². The number of hydrogen-bond acceptors (Lipinski definition) is 3. The van der Waals surface area contributed by atoms with E-state index in [1.165, 1.54) is 19.3 Å². The van der Waals surface area contributed by atoms with Gasteiger partial charge in [-0.3, -0.25) is 9.59 Å². The van der Waals surface area contributed by atoms with Crippen LogP contribution in [0.5, 0.6) is 0 Å². The Balaban J connectivity index is 1.58. The summed E-state index contributed by atoms with van der Waals surface area (Å²) in [6.45, 7) is 5.24. The summed E-state index contributed by atoms with van der Waals surface area (Å²) in [6.07, 6.45) is 7.44.